The lowest BCUT2D eigenvalue weighted by Gasteiger charge is -2.42. The van der Waals surface area contributed by atoms with Crippen LogP contribution < -0.4 is 10.4 Å². The van der Waals surface area contributed by atoms with Crippen LogP contribution in [0.15, 0.2) is 60.7 Å². The largest absolute Gasteiger partial charge is 0.430 e. The van der Waals surface area contributed by atoms with E-state index in [2.05, 4.69) is 0 Å². The van der Waals surface area contributed by atoms with Gasteiger partial charge < -0.3 is 19.0 Å². The number of carbonyl (C=O) groups excluding carboxylic acids is 2. The van der Waals surface area contributed by atoms with Crippen LogP contribution in [0.3, 0.4) is 0 Å². The van der Waals surface area contributed by atoms with Gasteiger partial charge in [-0.15, -0.1) is 0 Å². The number of esters is 2. The molecule has 0 aromatic heterocycles. The van der Waals surface area contributed by atoms with Gasteiger partial charge in [0.05, 0.1) is 19.0 Å². The number of rotatable bonds is 19. The quantitative estimate of drug-likeness (QED) is 0.143. The zero-order chi connectivity index (χ0) is 33.7. The fraction of sp³-hybridized carbons (Fsp3) is 0.600. The number of ether oxygens (including phenoxy) is 2. The summed E-state index contributed by atoms with van der Waals surface area (Å²) in [6, 6.07) is 18.2. The van der Waals surface area contributed by atoms with Gasteiger partial charge in [0.1, 0.15) is 11.6 Å². The first kappa shape index (κ1) is 37.7. The standard InChI is InChI=1S/C35H50F3NO6Si/c1-5-14-31(37)44-33(41)30-20-22-35(24-27(40)7-3,34(42)45-32(38)15-6-2)39(30)25-43-46(23-21-26(4)36,28-16-10-8-11-17-28)29-18-12-9-13-19-29/h8-13,16-19,26-27,30-32,40H,5-7,14-15,20-25H2,1-4H3/t26?,27?,30-,31?,32?,35-/m1/s1. The number of alkyl halides is 3. The van der Waals surface area contributed by atoms with E-state index in [0.29, 0.717) is 18.9 Å². The SMILES string of the molecule is CCCC(F)OC(=O)[C@H]1CC[C@@](CC(O)CC)(C(=O)OC(F)CCC)N1CO[Si](CCC(C)F)(c1ccccc1)c1ccccc1. The Kier molecular flexibility index (Phi) is 14.7. The van der Waals surface area contributed by atoms with Gasteiger partial charge in [0.2, 0.25) is 12.7 Å². The second-order valence-corrected chi connectivity index (χ2v) is 15.8. The second-order valence-electron chi connectivity index (χ2n) is 12.2. The van der Waals surface area contributed by atoms with Crippen LogP contribution in [-0.4, -0.2) is 73.6 Å². The van der Waals surface area contributed by atoms with Crippen molar-refractivity contribution in [3.05, 3.63) is 60.7 Å². The summed E-state index contributed by atoms with van der Waals surface area (Å²) in [6.45, 7) is 6.44. The van der Waals surface area contributed by atoms with Crippen LogP contribution in [-0.2, 0) is 23.5 Å². The van der Waals surface area contributed by atoms with Gasteiger partial charge in [-0.05, 0) is 61.9 Å². The molecule has 1 saturated heterocycles. The molecule has 256 valence electrons. The van der Waals surface area contributed by atoms with E-state index in [-0.39, 0.29) is 51.7 Å². The molecule has 2 aromatic carbocycles. The van der Waals surface area contributed by atoms with Crippen molar-refractivity contribution in [1.82, 2.24) is 4.90 Å². The number of carbonyl (C=O) groups is 2. The number of hydrogen-bond acceptors (Lipinski definition) is 7. The van der Waals surface area contributed by atoms with E-state index < -0.39 is 56.8 Å². The summed E-state index contributed by atoms with van der Waals surface area (Å²) in [5, 5.41) is 12.6. The Bertz CT molecular complexity index is 1170. The molecule has 6 atom stereocenters. The maximum atomic E-state index is 14.8. The van der Waals surface area contributed by atoms with Crippen molar-refractivity contribution < 1.29 is 41.8 Å². The molecule has 2 aromatic rings. The summed E-state index contributed by atoms with van der Waals surface area (Å²) in [7, 11) is -3.27. The van der Waals surface area contributed by atoms with Crippen LogP contribution in [0.4, 0.5) is 13.2 Å². The Labute approximate surface area is 272 Å². The van der Waals surface area contributed by atoms with Crippen molar-refractivity contribution >= 4 is 30.6 Å². The van der Waals surface area contributed by atoms with Crippen molar-refractivity contribution in [2.45, 2.75) is 128 Å². The minimum absolute atomic E-state index is 0.0106. The highest BCUT2D eigenvalue weighted by Gasteiger charge is 2.57. The molecule has 1 fully saturated rings. The molecule has 0 bridgehead atoms. The molecule has 7 nitrogen and oxygen atoms in total. The van der Waals surface area contributed by atoms with Crippen molar-refractivity contribution in [2.24, 2.45) is 0 Å². The predicted octanol–water partition coefficient (Wildman–Crippen LogP) is 6.11. The molecular weight excluding hydrogens is 615 g/mol. The average Bonchev–Trinajstić information content (AvgIpc) is 3.41. The van der Waals surface area contributed by atoms with Gasteiger partial charge in [0.25, 0.3) is 8.32 Å². The maximum absolute atomic E-state index is 14.8. The fourth-order valence-electron chi connectivity index (χ4n) is 6.18. The number of hydrogen-bond donors (Lipinski definition) is 1. The zero-order valence-electron chi connectivity index (χ0n) is 27.5. The first-order chi connectivity index (χ1) is 22.0. The third kappa shape index (κ3) is 9.42. The molecule has 0 spiro atoms. The molecule has 4 unspecified atom stereocenters. The second kappa shape index (κ2) is 18.0. The minimum Gasteiger partial charge on any atom is -0.430 e. The lowest BCUT2D eigenvalue weighted by molar-refractivity contribution is -0.181. The van der Waals surface area contributed by atoms with Crippen molar-refractivity contribution in [2.75, 3.05) is 6.73 Å². The predicted molar refractivity (Wildman–Crippen MR) is 174 cm³/mol. The van der Waals surface area contributed by atoms with Crippen LogP contribution in [0.25, 0.3) is 0 Å². The molecule has 3 rings (SSSR count). The molecule has 1 N–H and O–H groups in total. The summed E-state index contributed by atoms with van der Waals surface area (Å²) < 4.78 is 61.3. The Morgan fingerprint density at radius 1 is 0.913 bits per heavy atom. The highest BCUT2D eigenvalue weighted by Crippen LogP contribution is 2.41. The Balaban J connectivity index is 2.15. The van der Waals surface area contributed by atoms with E-state index in [1.807, 2.05) is 60.7 Å². The number of likely N-dealkylation sites (tertiary alicyclic amines) is 1. The number of halogens is 3. The van der Waals surface area contributed by atoms with Crippen molar-refractivity contribution in [3.8, 4) is 0 Å². The van der Waals surface area contributed by atoms with E-state index in [1.165, 1.54) is 11.8 Å². The van der Waals surface area contributed by atoms with Gasteiger partial charge in [-0.2, -0.15) is 0 Å². The van der Waals surface area contributed by atoms with Gasteiger partial charge in [-0.1, -0.05) is 81.4 Å². The smallest absolute Gasteiger partial charge is 0.329 e. The molecule has 1 aliphatic heterocycles. The summed E-state index contributed by atoms with van der Waals surface area (Å²) in [4.78, 5) is 28.9. The lowest BCUT2D eigenvalue weighted by Crippen LogP contribution is -2.65. The van der Waals surface area contributed by atoms with Crippen LogP contribution >= 0.6 is 0 Å². The number of aliphatic hydroxyl groups excluding tert-OH is 1. The summed E-state index contributed by atoms with van der Waals surface area (Å²) in [5.74, 6) is -1.80. The van der Waals surface area contributed by atoms with Gasteiger partial charge in [0, 0.05) is 19.3 Å². The Morgan fingerprint density at radius 2 is 1.46 bits per heavy atom. The van der Waals surface area contributed by atoms with Crippen LogP contribution in [0.1, 0.15) is 85.5 Å². The molecule has 11 heteroatoms. The van der Waals surface area contributed by atoms with Gasteiger partial charge in [-0.25, -0.2) is 18.0 Å². The Hall–Kier alpha value is -2.73. The summed E-state index contributed by atoms with van der Waals surface area (Å²) >= 11 is 0. The summed E-state index contributed by atoms with van der Waals surface area (Å²) in [5.41, 5.74) is -1.66. The fourth-order valence-corrected chi connectivity index (χ4v) is 10.2. The minimum atomic E-state index is -3.27. The van der Waals surface area contributed by atoms with Gasteiger partial charge in [0.15, 0.2) is 0 Å². The van der Waals surface area contributed by atoms with Crippen LogP contribution in [0.5, 0.6) is 0 Å². The lowest BCUT2D eigenvalue weighted by atomic mass is 9.88. The number of benzene rings is 2. The maximum Gasteiger partial charge on any atom is 0.329 e. The van der Waals surface area contributed by atoms with Gasteiger partial charge >= 0.3 is 11.9 Å². The molecule has 1 aliphatic rings. The van der Waals surface area contributed by atoms with Crippen molar-refractivity contribution in [1.29, 1.82) is 0 Å². The van der Waals surface area contributed by atoms with Crippen LogP contribution in [0.2, 0.25) is 6.04 Å². The highest BCUT2D eigenvalue weighted by molar-refractivity contribution is 6.97. The normalized spacial score (nSPS) is 21.3. The molecule has 0 radical (unpaired) electrons. The molecule has 0 aliphatic carbocycles. The highest BCUT2D eigenvalue weighted by atomic mass is 28.4. The molecule has 0 amide bonds. The van der Waals surface area contributed by atoms with E-state index in [4.69, 9.17) is 13.9 Å². The number of aliphatic hydroxyl groups is 1. The molecular formula is C35H50F3NO6Si. The molecule has 46 heavy (non-hydrogen) atoms. The van der Waals surface area contributed by atoms with Gasteiger partial charge in [-0.3, -0.25) is 9.69 Å². The molecule has 0 saturated carbocycles. The average molecular weight is 666 g/mol. The first-order valence-corrected chi connectivity index (χ1v) is 18.7. The number of nitrogens with zero attached hydrogens (tertiary/aromatic N) is 1. The molecule has 1 heterocycles. The topological polar surface area (TPSA) is 85.3 Å². The summed E-state index contributed by atoms with van der Waals surface area (Å²) in [6.07, 6.45) is -4.50. The van der Waals surface area contributed by atoms with E-state index in [0.717, 1.165) is 10.4 Å². The monoisotopic (exact) mass is 665 g/mol. The van der Waals surface area contributed by atoms with E-state index in [1.54, 1.807) is 20.8 Å². The van der Waals surface area contributed by atoms with Crippen molar-refractivity contribution in [3.63, 3.8) is 0 Å². The van der Waals surface area contributed by atoms with Crippen LogP contribution in [0, 0.1) is 0 Å². The Morgan fingerprint density at radius 3 is 1.96 bits per heavy atom. The first-order valence-electron chi connectivity index (χ1n) is 16.6. The van der Waals surface area contributed by atoms with E-state index >= 15 is 0 Å². The third-order valence-corrected chi connectivity index (χ3v) is 12.9. The zero-order valence-corrected chi connectivity index (χ0v) is 28.5. The van der Waals surface area contributed by atoms with E-state index in [9.17, 15) is 27.9 Å². The third-order valence-electron chi connectivity index (χ3n) is 8.79.